The van der Waals surface area contributed by atoms with Crippen molar-refractivity contribution in [1.29, 1.82) is 0 Å². The van der Waals surface area contributed by atoms with Crippen LogP contribution in [0.1, 0.15) is 34.0 Å². The molecule has 1 heteroatoms. The highest BCUT2D eigenvalue weighted by Gasteiger charge is 2.11. The molecule has 0 saturated heterocycles. The summed E-state index contributed by atoms with van der Waals surface area (Å²) in [5.41, 5.74) is 3.86. The SMILES string of the molecule is CCc1ccccc1C(=O)c1ccc(C)cc1. The second kappa shape index (κ2) is 4.96. The molecule has 2 rings (SSSR count). The van der Waals surface area contributed by atoms with Gasteiger partial charge in [0.05, 0.1) is 0 Å². The van der Waals surface area contributed by atoms with E-state index in [-0.39, 0.29) is 5.78 Å². The topological polar surface area (TPSA) is 17.1 Å². The molecule has 86 valence electrons. The summed E-state index contributed by atoms with van der Waals surface area (Å²) in [4.78, 5) is 12.3. The molecular weight excluding hydrogens is 208 g/mol. The standard InChI is InChI=1S/C16H16O/c1-3-13-6-4-5-7-15(13)16(17)14-10-8-12(2)9-11-14/h4-11H,3H2,1-2H3. The number of carbonyl (C=O) groups is 1. The lowest BCUT2D eigenvalue weighted by Gasteiger charge is -2.06. The molecule has 0 radical (unpaired) electrons. The van der Waals surface area contributed by atoms with E-state index in [4.69, 9.17) is 0 Å². The third kappa shape index (κ3) is 2.44. The Balaban J connectivity index is 2.40. The average molecular weight is 224 g/mol. The Morgan fingerprint density at radius 3 is 2.29 bits per heavy atom. The van der Waals surface area contributed by atoms with Crippen molar-refractivity contribution in [3.8, 4) is 0 Å². The molecule has 0 atom stereocenters. The first-order chi connectivity index (χ1) is 8.22. The van der Waals surface area contributed by atoms with E-state index in [9.17, 15) is 4.79 Å². The summed E-state index contributed by atoms with van der Waals surface area (Å²) in [5.74, 6) is 0.113. The van der Waals surface area contributed by atoms with Gasteiger partial charge in [-0.1, -0.05) is 61.0 Å². The first-order valence-electron chi connectivity index (χ1n) is 5.91. The fourth-order valence-electron chi connectivity index (χ4n) is 1.91. The summed E-state index contributed by atoms with van der Waals surface area (Å²) in [6, 6.07) is 15.5. The summed E-state index contributed by atoms with van der Waals surface area (Å²) in [7, 11) is 0. The van der Waals surface area contributed by atoms with E-state index in [1.807, 2.05) is 55.5 Å². The molecular formula is C16H16O. The minimum absolute atomic E-state index is 0.113. The highest BCUT2D eigenvalue weighted by Crippen LogP contribution is 2.15. The van der Waals surface area contributed by atoms with Crippen molar-refractivity contribution < 1.29 is 4.79 Å². The molecule has 0 bridgehead atoms. The molecule has 0 unspecified atom stereocenters. The summed E-state index contributed by atoms with van der Waals surface area (Å²) < 4.78 is 0. The normalized spacial score (nSPS) is 10.2. The fourth-order valence-corrected chi connectivity index (χ4v) is 1.91. The average Bonchev–Trinajstić information content (AvgIpc) is 2.39. The fraction of sp³-hybridized carbons (Fsp3) is 0.188. The Morgan fingerprint density at radius 2 is 1.65 bits per heavy atom. The van der Waals surface area contributed by atoms with Gasteiger partial charge in [0, 0.05) is 11.1 Å². The van der Waals surface area contributed by atoms with Crippen LogP contribution in [0.3, 0.4) is 0 Å². The van der Waals surface area contributed by atoms with Crippen molar-refractivity contribution in [2.45, 2.75) is 20.3 Å². The third-order valence-electron chi connectivity index (χ3n) is 2.96. The molecule has 0 aliphatic heterocycles. The Bertz CT molecular complexity index is 523. The van der Waals surface area contributed by atoms with Crippen LogP contribution in [0.4, 0.5) is 0 Å². The van der Waals surface area contributed by atoms with Crippen molar-refractivity contribution in [3.63, 3.8) is 0 Å². The van der Waals surface area contributed by atoms with Crippen molar-refractivity contribution in [2.75, 3.05) is 0 Å². The maximum Gasteiger partial charge on any atom is 0.193 e. The van der Waals surface area contributed by atoms with Gasteiger partial charge in [-0.2, -0.15) is 0 Å². The van der Waals surface area contributed by atoms with Crippen LogP contribution in [0.25, 0.3) is 0 Å². The first-order valence-corrected chi connectivity index (χ1v) is 5.91. The van der Waals surface area contributed by atoms with Gasteiger partial charge < -0.3 is 0 Å². The maximum atomic E-state index is 12.3. The van der Waals surface area contributed by atoms with Crippen LogP contribution < -0.4 is 0 Å². The van der Waals surface area contributed by atoms with Crippen molar-refractivity contribution in [1.82, 2.24) is 0 Å². The highest BCUT2D eigenvalue weighted by molar-refractivity contribution is 6.09. The van der Waals surface area contributed by atoms with E-state index in [2.05, 4.69) is 6.92 Å². The van der Waals surface area contributed by atoms with Crippen LogP contribution in [0.2, 0.25) is 0 Å². The number of aryl methyl sites for hydroxylation is 2. The van der Waals surface area contributed by atoms with Gasteiger partial charge in [0.15, 0.2) is 5.78 Å². The Hall–Kier alpha value is -1.89. The van der Waals surface area contributed by atoms with Gasteiger partial charge in [0.25, 0.3) is 0 Å². The largest absolute Gasteiger partial charge is 0.289 e. The third-order valence-corrected chi connectivity index (χ3v) is 2.96. The number of hydrogen-bond acceptors (Lipinski definition) is 1. The highest BCUT2D eigenvalue weighted by atomic mass is 16.1. The number of ketones is 1. The van der Waals surface area contributed by atoms with Gasteiger partial charge in [0.2, 0.25) is 0 Å². The maximum absolute atomic E-state index is 12.3. The lowest BCUT2D eigenvalue weighted by Crippen LogP contribution is -2.04. The lowest BCUT2D eigenvalue weighted by molar-refractivity contribution is 0.103. The quantitative estimate of drug-likeness (QED) is 0.725. The van der Waals surface area contributed by atoms with Gasteiger partial charge in [0.1, 0.15) is 0 Å². The molecule has 0 amide bonds. The van der Waals surface area contributed by atoms with Crippen LogP contribution in [0.5, 0.6) is 0 Å². The summed E-state index contributed by atoms with van der Waals surface area (Å²) in [6.07, 6.45) is 0.883. The molecule has 0 heterocycles. The Labute approximate surface area is 102 Å². The van der Waals surface area contributed by atoms with Crippen LogP contribution >= 0.6 is 0 Å². The molecule has 0 aromatic heterocycles. The molecule has 0 spiro atoms. The zero-order chi connectivity index (χ0) is 12.3. The molecule has 0 N–H and O–H groups in total. The van der Waals surface area contributed by atoms with E-state index in [1.165, 1.54) is 5.56 Å². The van der Waals surface area contributed by atoms with Gasteiger partial charge >= 0.3 is 0 Å². The number of hydrogen-bond donors (Lipinski definition) is 0. The Morgan fingerprint density at radius 1 is 1.00 bits per heavy atom. The monoisotopic (exact) mass is 224 g/mol. The second-order valence-electron chi connectivity index (χ2n) is 4.21. The molecule has 0 saturated carbocycles. The molecule has 17 heavy (non-hydrogen) atoms. The summed E-state index contributed by atoms with van der Waals surface area (Å²) in [5, 5.41) is 0. The van der Waals surface area contributed by atoms with Crippen molar-refractivity contribution in [2.24, 2.45) is 0 Å². The molecule has 1 nitrogen and oxygen atoms in total. The predicted octanol–water partition coefficient (Wildman–Crippen LogP) is 3.79. The van der Waals surface area contributed by atoms with E-state index >= 15 is 0 Å². The zero-order valence-electron chi connectivity index (χ0n) is 10.2. The van der Waals surface area contributed by atoms with Crippen LogP contribution in [-0.2, 0) is 6.42 Å². The zero-order valence-corrected chi connectivity index (χ0v) is 10.2. The second-order valence-corrected chi connectivity index (χ2v) is 4.21. The molecule has 0 aliphatic rings. The molecule has 2 aromatic rings. The lowest BCUT2D eigenvalue weighted by atomic mass is 9.97. The van der Waals surface area contributed by atoms with E-state index in [1.54, 1.807) is 0 Å². The van der Waals surface area contributed by atoms with Crippen molar-refractivity contribution in [3.05, 3.63) is 70.8 Å². The molecule has 0 fully saturated rings. The van der Waals surface area contributed by atoms with Gasteiger partial charge in [-0.3, -0.25) is 4.79 Å². The van der Waals surface area contributed by atoms with E-state index < -0.39 is 0 Å². The number of benzene rings is 2. The predicted molar refractivity (Wildman–Crippen MR) is 70.4 cm³/mol. The van der Waals surface area contributed by atoms with Crippen LogP contribution in [-0.4, -0.2) is 5.78 Å². The Kier molecular flexibility index (Phi) is 3.38. The summed E-state index contributed by atoms with van der Waals surface area (Å²) in [6.45, 7) is 4.09. The molecule has 0 aliphatic carbocycles. The number of carbonyl (C=O) groups excluding carboxylic acids is 1. The van der Waals surface area contributed by atoms with E-state index in [0.29, 0.717) is 0 Å². The summed E-state index contributed by atoms with van der Waals surface area (Å²) >= 11 is 0. The smallest absolute Gasteiger partial charge is 0.193 e. The minimum atomic E-state index is 0.113. The van der Waals surface area contributed by atoms with Crippen LogP contribution in [0.15, 0.2) is 48.5 Å². The van der Waals surface area contributed by atoms with E-state index in [0.717, 1.165) is 23.1 Å². The minimum Gasteiger partial charge on any atom is -0.289 e. The first kappa shape index (κ1) is 11.6. The van der Waals surface area contributed by atoms with Gasteiger partial charge in [-0.15, -0.1) is 0 Å². The van der Waals surface area contributed by atoms with Crippen molar-refractivity contribution >= 4 is 5.78 Å². The van der Waals surface area contributed by atoms with Gasteiger partial charge in [-0.05, 0) is 18.9 Å². The molecule has 2 aromatic carbocycles. The van der Waals surface area contributed by atoms with Crippen LogP contribution in [0, 0.1) is 6.92 Å². The van der Waals surface area contributed by atoms with Gasteiger partial charge in [-0.25, -0.2) is 0 Å². The number of rotatable bonds is 3.